The van der Waals surface area contributed by atoms with Crippen LogP contribution in [-0.4, -0.2) is 57.8 Å². The Morgan fingerprint density at radius 3 is 1.94 bits per heavy atom. The third kappa shape index (κ3) is 5.25. The predicted molar refractivity (Wildman–Crippen MR) is 134 cm³/mol. The van der Waals surface area contributed by atoms with E-state index in [1.54, 1.807) is 9.21 Å². The quantitative estimate of drug-likeness (QED) is 0.638. The van der Waals surface area contributed by atoms with Crippen LogP contribution in [0.2, 0.25) is 0 Å². The summed E-state index contributed by atoms with van der Waals surface area (Å²) in [5, 5.41) is 0. The average molecular weight is 472 g/mol. The minimum atomic E-state index is -3.59. The van der Waals surface area contributed by atoms with Crippen molar-refractivity contribution < 1.29 is 13.2 Å². The maximum absolute atomic E-state index is 13.5. The smallest absolute Gasteiger partial charge is 0.243 e. The van der Waals surface area contributed by atoms with Crippen molar-refractivity contribution in [2.45, 2.75) is 52.0 Å². The van der Waals surface area contributed by atoms with Gasteiger partial charge in [0, 0.05) is 52.4 Å². The van der Waals surface area contributed by atoms with Crippen molar-refractivity contribution in [1.29, 1.82) is 0 Å². The molecule has 0 unspecified atom stereocenters. The topological polar surface area (TPSA) is 60.9 Å². The van der Waals surface area contributed by atoms with E-state index in [0.717, 1.165) is 33.5 Å². The summed E-state index contributed by atoms with van der Waals surface area (Å²) in [5.41, 5.74) is 5.81. The lowest BCUT2D eigenvalue weighted by Gasteiger charge is -2.33. The summed E-state index contributed by atoms with van der Waals surface area (Å²) < 4.78 is 28.5. The van der Waals surface area contributed by atoms with Crippen molar-refractivity contribution in [1.82, 2.24) is 9.21 Å². The summed E-state index contributed by atoms with van der Waals surface area (Å²) in [4.78, 5) is 17.3. The highest BCUT2D eigenvalue weighted by molar-refractivity contribution is 7.89. The Labute approximate surface area is 199 Å². The number of rotatable bonds is 6. The zero-order valence-corrected chi connectivity index (χ0v) is 21.8. The molecule has 1 heterocycles. The second-order valence-corrected chi connectivity index (χ2v) is 11.4. The van der Waals surface area contributed by atoms with E-state index >= 15 is 0 Å². The van der Waals surface area contributed by atoms with Gasteiger partial charge in [-0.2, -0.15) is 4.31 Å². The fraction of sp³-hybridized carbons (Fsp3) is 0.500. The van der Waals surface area contributed by atoms with Gasteiger partial charge in [0.15, 0.2) is 0 Å². The number of benzene rings is 2. The van der Waals surface area contributed by atoms with Crippen LogP contribution in [0.3, 0.4) is 0 Å². The summed E-state index contributed by atoms with van der Waals surface area (Å²) >= 11 is 0. The second kappa shape index (κ2) is 9.85. The van der Waals surface area contributed by atoms with Gasteiger partial charge in [-0.05, 0) is 80.5 Å². The molecular weight excluding hydrogens is 434 g/mol. The Kier molecular flexibility index (Phi) is 7.54. The monoisotopic (exact) mass is 471 g/mol. The number of amides is 1. The molecule has 0 atom stereocenters. The van der Waals surface area contributed by atoms with Crippen LogP contribution in [0.5, 0.6) is 0 Å². The second-order valence-electron chi connectivity index (χ2n) is 9.52. The van der Waals surface area contributed by atoms with E-state index in [4.69, 9.17) is 0 Å². The van der Waals surface area contributed by atoms with Gasteiger partial charge in [0.05, 0.1) is 4.90 Å². The number of carbonyl (C=O) groups excluding carboxylic acids is 1. The SMILES string of the molecule is Cc1cc(C)c(C)c(S(=O)(=O)N2CCC(C(=O)N(C)Cc3ccc(N(C)C)cc3)CC2)c1C. The van der Waals surface area contributed by atoms with Gasteiger partial charge in [-0.3, -0.25) is 4.79 Å². The zero-order chi connectivity index (χ0) is 24.5. The first-order chi connectivity index (χ1) is 15.4. The molecular formula is C26H37N3O3S. The van der Waals surface area contributed by atoms with Gasteiger partial charge in [-0.25, -0.2) is 8.42 Å². The molecule has 2 aromatic carbocycles. The van der Waals surface area contributed by atoms with Crippen LogP contribution in [-0.2, 0) is 21.4 Å². The van der Waals surface area contributed by atoms with Crippen molar-refractivity contribution >= 4 is 21.6 Å². The number of hydrogen-bond acceptors (Lipinski definition) is 4. The molecule has 0 spiro atoms. The zero-order valence-electron chi connectivity index (χ0n) is 21.0. The van der Waals surface area contributed by atoms with Crippen molar-refractivity contribution in [3.63, 3.8) is 0 Å². The van der Waals surface area contributed by atoms with Gasteiger partial charge in [-0.1, -0.05) is 18.2 Å². The summed E-state index contributed by atoms with van der Waals surface area (Å²) in [7, 11) is 2.23. The van der Waals surface area contributed by atoms with Crippen LogP contribution < -0.4 is 4.90 Å². The molecule has 0 N–H and O–H groups in total. The summed E-state index contributed by atoms with van der Waals surface area (Å²) in [6.07, 6.45) is 1.09. The summed E-state index contributed by atoms with van der Waals surface area (Å²) in [6, 6.07) is 10.2. The largest absolute Gasteiger partial charge is 0.378 e. The lowest BCUT2D eigenvalue weighted by molar-refractivity contribution is -0.135. The fourth-order valence-corrected chi connectivity index (χ4v) is 6.65. The molecule has 0 aliphatic carbocycles. The summed E-state index contributed by atoms with van der Waals surface area (Å²) in [6.45, 7) is 8.96. The molecule has 1 fully saturated rings. The van der Waals surface area contributed by atoms with Gasteiger partial charge >= 0.3 is 0 Å². The molecule has 6 nitrogen and oxygen atoms in total. The minimum absolute atomic E-state index is 0.0856. The molecule has 0 radical (unpaired) electrons. The third-order valence-electron chi connectivity index (χ3n) is 6.95. The number of carbonyl (C=O) groups is 1. The number of nitrogens with zero attached hydrogens (tertiary/aromatic N) is 3. The van der Waals surface area contributed by atoms with Gasteiger partial charge < -0.3 is 9.80 Å². The fourth-order valence-electron chi connectivity index (χ4n) is 4.60. The van der Waals surface area contributed by atoms with E-state index in [9.17, 15) is 13.2 Å². The standard InChI is InChI=1S/C26H37N3O3S/c1-18-16-19(2)21(4)25(20(18)3)33(31,32)29-14-12-23(13-15-29)26(30)28(7)17-22-8-10-24(11-9-22)27(5)6/h8-11,16,23H,12-15,17H2,1-7H3. The van der Waals surface area contributed by atoms with E-state index in [0.29, 0.717) is 37.4 Å². The average Bonchev–Trinajstić information content (AvgIpc) is 2.77. The predicted octanol–water partition coefficient (Wildman–Crippen LogP) is 4.05. The van der Waals surface area contributed by atoms with Crippen LogP contribution in [0.25, 0.3) is 0 Å². The number of anilines is 1. The van der Waals surface area contributed by atoms with Crippen molar-refractivity contribution in [2.24, 2.45) is 5.92 Å². The Morgan fingerprint density at radius 1 is 0.939 bits per heavy atom. The first kappa shape index (κ1) is 25.2. The molecule has 1 saturated heterocycles. The Morgan fingerprint density at radius 2 is 1.45 bits per heavy atom. The Balaban J connectivity index is 1.66. The van der Waals surface area contributed by atoms with Crippen molar-refractivity contribution in [3.05, 3.63) is 58.1 Å². The molecule has 3 rings (SSSR count). The number of sulfonamides is 1. The highest BCUT2D eigenvalue weighted by Crippen LogP contribution is 2.31. The highest BCUT2D eigenvalue weighted by Gasteiger charge is 2.35. The molecule has 1 aliphatic rings. The number of aryl methyl sites for hydroxylation is 2. The molecule has 7 heteroatoms. The van der Waals surface area contributed by atoms with E-state index in [2.05, 4.69) is 0 Å². The van der Waals surface area contributed by atoms with Gasteiger partial charge in [0.25, 0.3) is 0 Å². The molecule has 1 amide bonds. The van der Waals surface area contributed by atoms with E-state index in [-0.39, 0.29) is 11.8 Å². The molecule has 0 bridgehead atoms. The Bertz CT molecular complexity index is 1090. The van der Waals surface area contributed by atoms with Crippen LogP contribution in [0.1, 0.15) is 40.7 Å². The van der Waals surface area contributed by atoms with E-state index in [1.807, 2.05) is 84.1 Å². The normalized spacial score (nSPS) is 15.5. The molecule has 33 heavy (non-hydrogen) atoms. The van der Waals surface area contributed by atoms with Crippen LogP contribution in [0.4, 0.5) is 5.69 Å². The van der Waals surface area contributed by atoms with Gasteiger partial charge in [0.2, 0.25) is 15.9 Å². The van der Waals surface area contributed by atoms with Gasteiger partial charge in [-0.15, -0.1) is 0 Å². The maximum atomic E-state index is 13.5. The van der Waals surface area contributed by atoms with Crippen molar-refractivity contribution in [2.75, 3.05) is 39.1 Å². The minimum Gasteiger partial charge on any atom is -0.378 e. The van der Waals surface area contributed by atoms with Crippen LogP contribution in [0, 0.1) is 33.6 Å². The first-order valence-electron chi connectivity index (χ1n) is 11.5. The molecule has 0 saturated carbocycles. The van der Waals surface area contributed by atoms with Crippen LogP contribution in [0.15, 0.2) is 35.2 Å². The number of hydrogen-bond donors (Lipinski definition) is 0. The highest BCUT2D eigenvalue weighted by atomic mass is 32.2. The van der Waals surface area contributed by atoms with E-state index < -0.39 is 10.0 Å². The Hall–Kier alpha value is -2.38. The van der Waals surface area contributed by atoms with Gasteiger partial charge in [0.1, 0.15) is 0 Å². The molecule has 2 aromatic rings. The maximum Gasteiger partial charge on any atom is 0.243 e. The van der Waals surface area contributed by atoms with Crippen LogP contribution >= 0.6 is 0 Å². The third-order valence-corrected chi connectivity index (χ3v) is 9.12. The summed E-state index contributed by atoms with van der Waals surface area (Å²) in [5.74, 6) is -0.0635. The lowest BCUT2D eigenvalue weighted by atomic mass is 9.96. The molecule has 1 aliphatic heterocycles. The lowest BCUT2D eigenvalue weighted by Crippen LogP contribution is -2.43. The molecule has 0 aromatic heterocycles. The van der Waals surface area contributed by atoms with E-state index in [1.165, 1.54) is 0 Å². The van der Waals surface area contributed by atoms with Crippen molar-refractivity contribution in [3.8, 4) is 0 Å². The molecule has 180 valence electrons. The first-order valence-corrected chi connectivity index (χ1v) is 13.0. The number of piperidine rings is 1.